The molecule has 0 spiro atoms. The molecule has 1 atom stereocenters. The molecule has 3 nitrogen and oxygen atoms in total. The number of carbonyl (C=O) groups excluding carboxylic acids is 1. The van der Waals surface area contributed by atoms with Crippen molar-refractivity contribution in [1.29, 1.82) is 0 Å². The standard InChI is InChI=1S/C12H16ClFN2O/c1-2-3-9(7-15)16-12(17)10-6-8(13)4-5-11(10)14/h4-6,9H,2-3,7,15H2,1H3,(H,16,17). The summed E-state index contributed by atoms with van der Waals surface area (Å²) in [4.78, 5) is 11.8. The van der Waals surface area contributed by atoms with E-state index in [1.54, 1.807) is 0 Å². The monoisotopic (exact) mass is 258 g/mol. The third kappa shape index (κ3) is 3.98. The van der Waals surface area contributed by atoms with Crippen molar-refractivity contribution < 1.29 is 9.18 Å². The van der Waals surface area contributed by atoms with Crippen LogP contribution in [-0.4, -0.2) is 18.5 Å². The van der Waals surface area contributed by atoms with Gasteiger partial charge in [0.05, 0.1) is 5.56 Å². The van der Waals surface area contributed by atoms with Gasteiger partial charge in [-0.3, -0.25) is 4.79 Å². The van der Waals surface area contributed by atoms with E-state index in [1.165, 1.54) is 18.2 Å². The molecule has 3 N–H and O–H groups in total. The molecule has 0 saturated heterocycles. The Morgan fingerprint density at radius 3 is 2.88 bits per heavy atom. The van der Waals surface area contributed by atoms with Crippen molar-refractivity contribution in [2.75, 3.05) is 6.54 Å². The van der Waals surface area contributed by atoms with Gasteiger partial charge < -0.3 is 11.1 Å². The Balaban J connectivity index is 2.78. The summed E-state index contributed by atoms with van der Waals surface area (Å²) >= 11 is 5.72. The number of amides is 1. The van der Waals surface area contributed by atoms with Crippen LogP contribution >= 0.6 is 11.6 Å². The molecule has 0 radical (unpaired) electrons. The van der Waals surface area contributed by atoms with E-state index in [9.17, 15) is 9.18 Å². The molecule has 0 aliphatic heterocycles. The van der Waals surface area contributed by atoms with E-state index in [-0.39, 0.29) is 11.6 Å². The molecule has 0 aliphatic carbocycles. The van der Waals surface area contributed by atoms with Gasteiger partial charge in [-0.25, -0.2) is 4.39 Å². The number of rotatable bonds is 5. The van der Waals surface area contributed by atoms with E-state index in [1.807, 2.05) is 6.92 Å². The third-order valence-electron chi connectivity index (χ3n) is 2.43. The van der Waals surface area contributed by atoms with Crippen LogP contribution in [0.25, 0.3) is 0 Å². The number of carbonyl (C=O) groups is 1. The Hall–Kier alpha value is -1.13. The lowest BCUT2D eigenvalue weighted by Gasteiger charge is -2.16. The fraction of sp³-hybridized carbons (Fsp3) is 0.417. The quantitative estimate of drug-likeness (QED) is 0.852. The summed E-state index contributed by atoms with van der Waals surface area (Å²) < 4.78 is 13.4. The first kappa shape index (κ1) is 13.9. The van der Waals surface area contributed by atoms with Crippen molar-refractivity contribution >= 4 is 17.5 Å². The minimum atomic E-state index is -0.584. The maximum Gasteiger partial charge on any atom is 0.254 e. The molecule has 1 unspecified atom stereocenters. The lowest BCUT2D eigenvalue weighted by Crippen LogP contribution is -2.40. The predicted molar refractivity (Wildman–Crippen MR) is 66.6 cm³/mol. The van der Waals surface area contributed by atoms with Gasteiger partial charge in [-0.1, -0.05) is 24.9 Å². The Kier molecular flexibility index (Phi) is 5.38. The fourth-order valence-electron chi connectivity index (χ4n) is 1.53. The van der Waals surface area contributed by atoms with Crippen molar-refractivity contribution in [3.05, 3.63) is 34.6 Å². The van der Waals surface area contributed by atoms with Gasteiger partial charge in [-0.15, -0.1) is 0 Å². The average Bonchev–Trinajstić information content (AvgIpc) is 2.31. The average molecular weight is 259 g/mol. The SMILES string of the molecule is CCCC(CN)NC(=O)c1cc(Cl)ccc1F. The molecule has 1 rings (SSSR count). The zero-order chi connectivity index (χ0) is 12.8. The van der Waals surface area contributed by atoms with Crippen LogP contribution in [0.1, 0.15) is 30.1 Å². The molecule has 1 aromatic carbocycles. The van der Waals surface area contributed by atoms with Gasteiger partial charge in [0.25, 0.3) is 5.91 Å². The summed E-state index contributed by atoms with van der Waals surface area (Å²) in [5, 5.41) is 3.02. The van der Waals surface area contributed by atoms with Crippen LogP contribution in [-0.2, 0) is 0 Å². The summed E-state index contributed by atoms with van der Waals surface area (Å²) in [6.45, 7) is 2.33. The molecule has 0 fully saturated rings. The summed E-state index contributed by atoms with van der Waals surface area (Å²) in [7, 11) is 0. The molecular weight excluding hydrogens is 243 g/mol. The number of nitrogens with two attached hydrogens (primary N) is 1. The number of nitrogens with one attached hydrogen (secondary N) is 1. The second kappa shape index (κ2) is 6.57. The van der Waals surface area contributed by atoms with Crippen LogP contribution in [0.15, 0.2) is 18.2 Å². The Bertz CT molecular complexity index is 398. The summed E-state index contributed by atoms with van der Waals surface area (Å²) in [5.74, 6) is -1.06. The molecule has 17 heavy (non-hydrogen) atoms. The van der Waals surface area contributed by atoms with E-state index in [0.29, 0.717) is 11.6 Å². The van der Waals surface area contributed by atoms with Crippen molar-refractivity contribution in [2.24, 2.45) is 5.73 Å². The Morgan fingerprint density at radius 1 is 1.59 bits per heavy atom. The molecule has 0 bridgehead atoms. The molecule has 0 saturated carbocycles. The predicted octanol–water partition coefficient (Wildman–Crippen LogP) is 2.34. The zero-order valence-corrected chi connectivity index (χ0v) is 10.4. The van der Waals surface area contributed by atoms with E-state index < -0.39 is 11.7 Å². The minimum Gasteiger partial charge on any atom is -0.348 e. The van der Waals surface area contributed by atoms with Crippen molar-refractivity contribution in [3.8, 4) is 0 Å². The van der Waals surface area contributed by atoms with E-state index in [4.69, 9.17) is 17.3 Å². The third-order valence-corrected chi connectivity index (χ3v) is 2.67. The lowest BCUT2D eigenvalue weighted by molar-refractivity contribution is 0.0932. The fourth-order valence-corrected chi connectivity index (χ4v) is 1.70. The second-order valence-electron chi connectivity index (χ2n) is 3.82. The minimum absolute atomic E-state index is 0.0490. The van der Waals surface area contributed by atoms with E-state index in [0.717, 1.165) is 12.8 Å². The summed E-state index contributed by atoms with van der Waals surface area (Å²) in [6.07, 6.45) is 1.67. The topological polar surface area (TPSA) is 55.1 Å². The highest BCUT2D eigenvalue weighted by Crippen LogP contribution is 2.15. The zero-order valence-electron chi connectivity index (χ0n) is 9.67. The van der Waals surface area contributed by atoms with Crippen LogP contribution in [0, 0.1) is 5.82 Å². The summed E-state index contributed by atoms with van der Waals surface area (Å²) in [6, 6.07) is 3.76. The van der Waals surface area contributed by atoms with Gasteiger partial charge in [-0.2, -0.15) is 0 Å². The molecule has 5 heteroatoms. The number of benzene rings is 1. The van der Waals surface area contributed by atoms with E-state index >= 15 is 0 Å². The maximum atomic E-state index is 13.4. The molecular formula is C12H16ClFN2O. The Labute approximate surface area is 105 Å². The first-order chi connectivity index (χ1) is 8.08. The number of hydrogen-bond acceptors (Lipinski definition) is 2. The largest absolute Gasteiger partial charge is 0.348 e. The molecule has 94 valence electrons. The molecule has 0 heterocycles. The highest BCUT2D eigenvalue weighted by Gasteiger charge is 2.15. The first-order valence-electron chi connectivity index (χ1n) is 5.54. The van der Waals surface area contributed by atoms with Gasteiger partial charge in [-0.05, 0) is 24.6 Å². The second-order valence-corrected chi connectivity index (χ2v) is 4.26. The lowest BCUT2D eigenvalue weighted by atomic mass is 10.1. The van der Waals surface area contributed by atoms with Crippen LogP contribution in [0.3, 0.4) is 0 Å². The van der Waals surface area contributed by atoms with Crippen LogP contribution in [0.2, 0.25) is 5.02 Å². The van der Waals surface area contributed by atoms with E-state index in [2.05, 4.69) is 5.32 Å². The van der Waals surface area contributed by atoms with Crippen LogP contribution in [0.4, 0.5) is 4.39 Å². The molecule has 1 aromatic rings. The Morgan fingerprint density at radius 2 is 2.29 bits per heavy atom. The number of halogens is 2. The van der Waals surface area contributed by atoms with Gasteiger partial charge in [0, 0.05) is 17.6 Å². The van der Waals surface area contributed by atoms with Crippen LogP contribution < -0.4 is 11.1 Å². The smallest absolute Gasteiger partial charge is 0.254 e. The first-order valence-corrected chi connectivity index (χ1v) is 5.92. The highest BCUT2D eigenvalue weighted by molar-refractivity contribution is 6.31. The highest BCUT2D eigenvalue weighted by atomic mass is 35.5. The number of hydrogen-bond donors (Lipinski definition) is 2. The van der Waals surface area contributed by atoms with Crippen molar-refractivity contribution in [3.63, 3.8) is 0 Å². The maximum absolute atomic E-state index is 13.4. The van der Waals surface area contributed by atoms with Gasteiger partial charge >= 0.3 is 0 Å². The normalized spacial score (nSPS) is 12.2. The van der Waals surface area contributed by atoms with Crippen molar-refractivity contribution in [1.82, 2.24) is 5.32 Å². The molecule has 0 aliphatic rings. The van der Waals surface area contributed by atoms with Gasteiger partial charge in [0.2, 0.25) is 0 Å². The van der Waals surface area contributed by atoms with Crippen LogP contribution in [0.5, 0.6) is 0 Å². The van der Waals surface area contributed by atoms with Crippen molar-refractivity contribution in [2.45, 2.75) is 25.8 Å². The molecule has 0 aromatic heterocycles. The molecule has 1 amide bonds. The summed E-state index contributed by atoms with van der Waals surface area (Å²) in [5.41, 5.74) is 5.47. The van der Waals surface area contributed by atoms with Gasteiger partial charge in [0.1, 0.15) is 5.82 Å². The van der Waals surface area contributed by atoms with Gasteiger partial charge in [0.15, 0.2) is 0 Å².